The summed E-state index contributed by atoms with van der Waals surface area (Å²) in [4.78, 5) is 19.7. The van der Waals surface area contributed by atoms with E-state index in [0.717, 1.165) is 6.20 Å². The van der Waals surface area contributed by atoms with Gasteiger partial charge in [-0.1, -0.05) is 18.2 Å². The average molecular weight is 411 g/mol. The maximum atomic E-state index is 13.1. The standard InChI is InChI=1S/C16H10BrF3N4O/c17-12-13(23-15(25)10-4-2-1-3-5-10)11(24-7-6-21-9-24)8-22-14(12)16(18,19)20/h1-9H,(H,22,23,25). The summed E-state index contributed by atoms with van der Waals surface area (Å²) in [5.41, 5.74) is -0.605. The van der Waals surface area contributed by atoms with E-state index in [1.807, 2.05) is 0 Å². The molecule has 128 valence electrons. The number of nitrogens with one attached hydrogen (secondary N) is 1. The first-order chi connectivity index (χ1) is 11.9. The molecule has 0 bridgehead atoms. The van der Waals surface area contributed by atoms with Gasteiger partial charge in [0.05, 0.1) is 28.4 Å². The van der Waals surface area contributed by atoms with Gasteiger partial charge in [-0.3, -0.25) is 4.79 Å². The van der Waals surface area contributed by atoms with Crippen LogP contribution in [0.4, 0.5) is 18.9 Å². The number of imidazole rings is 1. The summed E-state index contributed by atoms with van der Waals surface area (Å²) in [5.74, 6) is -0.540. The Balaban J connectivity index is 2.10. The summed E-state index contributed by atoms with van der Waals surface area (Å²) < 4.78 is 40.5. The lowest BCUT2D eigenvalue weighted by atomic mass is 10.2. The monoisotopic (exact) mass is 410 g/mol. The quantitative estimate of drug-likeness (QED) is 0.699. The van der Waals surface area contributed by atoms with Crippen LogP contribution in [0.5, 0.6) is 0 Å². The van der Waals surface area contributed by atoms with Crippen LogP contribution in [0.2, 0.25) is 0 Å². The predicted octanol–water partition coefficient (Wildman–Crippen LogP) is 4.30. The summed E-state index contributed by atoms with van der Waals surface area (Å²) in [6.07, 6.45) is 0.770. The zero-order chi connectivity index (χ0) is 18.0. The molecule has 0 spiro atoms. The van der Waals surface area contributed by atoms with Crippen LogP contribution in [0, 0.1) is 0 Å². The molecule has 9 heteroatoms. The predicted molar refractivity (Wildman–Crippen MR) is 88.5 cm³/mol. The minimum absolute atomic E-state index is 0.0471. The first kappa shape index (κ1) is 17.2. The van der Waals surface area contributed by atoms with Gasteiger partial charge >= 0.3 is 6.18 Å². The Kier molecular flexibility index (Phi) is 4.58. The number of nitrogens with zero attached hydrogens (tertiary/aromatic N) is 3. The highest BCUT2D eigenvalue weighted by atomic mass is 79.9. The van der Waals surface area contributed by atoms with Crippen LogP contribution in [-0.4, -0.2) is 20.4 Å². The van der Waals surface area contributed by atoms with Gasteiger partial charge < -0.3 is 9.88 Å². The van der Waals surface area contributed by atoms with E-state index in [0.29, 0.717) is 5.56 Å². The molecule has 0 aliphatic carbocycles. The summed E-state index contributed by atoms with van der Waals surface area (Å²) in [6.45, 7) is 0. The summed E-state index contributed by atoms with van der Waals surface area (Å²) in [7, 11) is 0. The van der Waals surface area contributed by atoms with Crippen molar-refractivity contribution in [2.75, 3.05) is 5.32 Å². The second-order valence-corrected chi connectivity index (χ2v) is 5.76. The van der Waals surface area contributed by atoms with Gasteiger partial charge in [-0.15, -0.1) is 0 Å². The number of halogens is 4. The fourth-order valence-electron chi connectivity index (χ4n) is 2.17. The van der Waals surface area contributed by atoms with Crippen LogP contribution in [-0.2, 0) is 6.18 Å². The van der Waals surface area contributed by atoms with Crippen LogP contribution in [0.15, 0.2) is 59.7 Å². The number of anilines is 1. The zero-order valence-corrected chi connectivity index (χ0v) is 14.0. The normalized spacial score (nSPS) is 11.4. The highest BCUT2D eigenvalue weighted by Gasteiger charge is 2.37. The number of alkyl halides is 3. The van der Waals surface area contributed by atoms with E-state index >= 15 is 0 Å². The maximum absolute atomic E-state index is 13.1. The Labute approximate surface area is 148 Å². The maximum Gasteiger partial charge on any atom is 0.434 e. The molecule has 0 aliphatic rings. The first-order valence-electron chi connectivity index (χ1n) is 6.98. The largest absolute Gasteiger partial charge is 0.434 e. The van der Waals surface area contributed by atoms with Crippen LogP contribution in [0.25, 0.3) is 5.69 Å². The molecule has 0 aliphatic heterocycles. The number of aromatic nitrogens is 3. The van der Waals surface area contributed by atoms with E-state index in [4.69, 9.17) is 0 Å². The number of hydrogen-bond donors (Lipinski definition) is 1. The lowest BCUT2D eigenvalue weighted by Crippen LogP contribution is -2.17. The fourth-order valence-corrected chi connectivity index (χ4v) is 2.80. The third-order valence-corrected chi connectivity index (χ3v) is 4.10. The third kappa shape index (κ3) is 3.55. The van der Waals surface area contributed by atoms with Crippen molar-refractivity contribution in [2.24, 2.45) is 0 Å². The van der Waals surface area contributed by atoms with Crippen molar-refractivity contribution in [3.05, 3.63) is 71.0 Å². The van der Waals surface area contributed by atoms with Gasteiger partial charge in [-0.05, 0) is 28.1 Å². The second kappa shape index (κ2) is 6.67. The van der Waals surface area contributed by atoms with E-state index in [1.165, 1.54) is 23.3 Å². The van der Waals surface area contributed by atoms with E-state index < -0.39 is 17.8 Å². The Bertz CT molecular complexity index is 896. The molecule has 3 rings (SSSR count). The van der Waals surface area contributed by atoms with E-state index in [2.05, 4.69) is 31.2 Å². The fraction of sp³-hybridized carbons (Fsp3) is 0.0625. The Hall–Kier alpha value is -2.68. The molecule has 5 nitrogen and oxygen atoms in total. The number of carbonyl (C=O) groups excluding carboxylic acids is 1. The van der Waals surface area contributed by atoms with Crippen LogP contribution < -0.4 is 5.32 Å². The molecule has 0 unspecified atom stereocenters. The van der Waals surface area contributed by atoms with Crippen molar-refractivity contribution in [2.45, 2.75) is 6.18 Å². The summed E-state index contributed by atoms with van der Waals surface area (Å²) >= 11 is 2.92. The number of carbonyl (C=O) groups is 1. The molecule has 2 aromatic heterocycles. The molecule has 1 amide bonds. The molecule has 0 fully saturated rings. The Morgan fingerprint density at radius 1 is 1.20 bits per heavy atom. The van der Waals surface area contributed by atoms with Gasteiger partial charge in [-0.25, -0.2) is 9.97 Å². The third-order valence-electron chi connectivity index (χ3n) is 3.33. The Morgan fingerprint density at radius 2 is 1.92 bits per heavy atom. The molecule has 1 aromatic carbocycles. The van der Waals surface area contributed by atoms with Crippen molar-refractivity contribution in [1.29, 1.82) is 0 Å². The molecule has 3 aromatic rings. The number of amides is 1. The average Bonchev–Trinajstić information content (AvgIpc) is 3.10. The summed E-state index contributed by atoms with van der Waals surface area (Å²) in [5, 5.41) is 2.52. The second-order valence-electron chi connectivity index (χ2n) is 4.97. The van der Waals surface area contributed by atoms with E-state index in [1.54, 1.807) is 30.3 Å². The van der Waals surface area contributed by atoms with Crippen LogP contribution >= 0.6 is 15.9 Å². The van der Waals surface area contributed by atoms with Crippen molar-refractivity contribution in [1.82, 2.24) is 14.5 Å². The van der Waals surface area contributed by atoms with E-state index in [-0.39, 0.29) is 15.8 Å². The van der Waals surface area contributed by atoms with Crippen LogP contribution in [0.1, 0.15) is 16.1 Å². The van der Waals surface area contributed by atoms with Gasteiger partial charge in [0.2, 0.25) is 0 Å². The lowest BCUT2D eigenvalue weighted by Gasteiger charge is -2.17. The molecule has 0 saturated carbocycles. The van der Waals surface area contributed by atoms with Gasteiger partial charge in [0.25, 0.3) is 5.91 Å². The molecule has 1 N–H and O–H groups in total. The minimum atomic E-state index is -4.67. The lowest BCUT2D eigenvalue weighted by molar-refractivity contribution is -0.141. The van der Waals surface area contributed by atoms with Gasteiger partial charge in [-0.2, -0.15) is 13.2 Å². The van der Waals surface area contributed by atoms with Gasteiger partial charge in [0.1, 0.15) is 0 Å². The van der Waals surface area contributed by atoms with Gasteiger partial charge in [0, 0.05) is 18.0 Å². The van der Waals surface area contributed by atoms with Crippen LogP contribution in [0.3, 0.4) is 0 Å². The number of pyridine rings is 1. The Morgan fingerprint density at radius 3 is 2.52 bits per heavy atom. The van der Waals surface area contributed by atoms with Crippen molar-refractivity contribution in [3.8, 4) is 5.69 Å². The summed E-state index contributed by atoms with van der Waals surface area (Å²) in [6, 6.07) is 8.18. The molecule has 25 heavy (non-hydrogen) atoms. The molecule has 0 atom stereocenters. The van der Waals surface area contributed by atoms with Gasteiger partial charge in [0.15, 0.2) is 5.69 Å². The number of rotatable bonds is 3. The zero-order valence-electron chi connectivity index (χ0n) is 12.5. The highest BCUT2D eigenvalue weighted by Crippen LogP contribution is 2.39. The topological polar surface area (TPSA) is 59.8 Å². The number of hydrogen-bond acceptors (Lipinski definition) is 3. The molecular formula is C16H10BrF3N4O. The van der Waals surface area contributed by atoms with Crippen molar-refractivity contribution >= 4 is 27.5 Å². The smallest absolute Gasteiger partial charge is 0.319 e. The minimum Gasteiger partial charge on any atom is -0.319 e. The SMILES string of the molecule is O=C(Nc1c(-n2ccnc2)cnc(C(F)(F)F)c1Br)c1ccccc1. The first-order valence-corrected chi connectivity index (χ1v) is 7.77. The molecular weight excluding hydrogens is 401 g/mol. The van der Waals surface area contributed by atoms with Crippen molar-refractivity contribution in [3.63, 3.8) is 0 Å². The van der Waals surface area contributed by atoms with E-state index in [9.17, 15) is 18.0 Å². The molecule has 0 saturated heterocycles. The molecule has 0 radical (unpaired) electrons. The number of benzene rings is 1. The van der Waals surface area contributed by atoms with Crippen molar-refractivity contribution < 1.29 is 18.0 Å². The highest BCUT2D eigenvalue weighted by molar-refractivity contribution is 9.10. The molecule has 2 heterocycles.